The van der Waals surface area contributed by atoms with Gasteiger partial charge in [0.2, 0.25) is 39.6 Å². The van der Waals surface area contributed by atoms with Crippen LogP contribution in [0.15, 0.2) is 102 Å². The maximum absolute atomic E-state index is 14.2. The van der Waals surface area contributed by atoms with E-state index in [1.54, 1.807) is 16.8 Å². The predicted molar refractivity (Wildman–Crippen MR) is 296 cm³/mol. The fraction of sp³-hybridized carbons (Fsp3) is 0.418. The number of likely N-dealkylation sites (tertiary alicyclic amines) is 2. The van der Waals surface area contributed by atoms with Crippen LogP contribution in [0.2, 0.25) is 0 Å². The smallest absolute Gasteiger partial charge is 0.253 e. The van der Waals surface area contributed by atoms with E-state index in [0.717, 1.165) is 43.1 Å². The maximum Gasteiger partial charge on any atom is 0.253 e. The minimum absolute atomic E-state index is 0.0273. The third-order valence-corrected chi connectivity index (χ3v) is 17.0. The molecule has 1 aliphatic carbocycles. The van der Waals surface area contributed by atoms with Gasteiger partial charge in [-0.3, -0.25) is 32.7 Å². The Morgan fingerprint density at radius 1 is 0.909 bits per heavy atom. The Morgan fingerprint density at radius 3 is 2.32 bits per heavy atom. The monoisotopic (exact) mass is 1110 g/mol. The summed E-state index contributed by atoms with van der Waals surface area (Å²) in [4.78, 5) is 94.8. The van der Waals surface area contributed by atoms with Crippen LogP contribution in [0.3, 0.4) is 0 Å². The Kier molecular flexibility index (Phi) is 17.7. The molecule has 19 nitrogen and oxygen atoms in total. The van der Waals surface area contributed by atoms with Gasteiger partial charge >= 0.3 is 0 Å². The second-order valence-corrected chi connectivity index (χ2v) is 24.6. The van der Waals surface area contributed by atoms with Crippen molar-refractivity contribution in [3.05, 3.63) is 130 Å². The van der Waals surface area contributed by atoms with Crippen molar-refractivity contribution < 1.29 is 42.3 Å². The lowest BCUT2D eigenvalue weighted by Gasteiger charge is -2.36. The minimum Gasteiger partial charge on any atom is -0.391 e. The molecule has 2 aliphatic heterocycles. The third-order valence-electron chi connectivity index (χ3n) is 14.2. The number of hydrogen-bond donors (Lipinski definition) is 6. The summed E-state index contributed by atoms with van der Waals surface area (Å²) in [5.41, 5.74) is 5.99. The first kappa shape index (κ1) is 56.4. The van der Waals surface area contributed by atoms with Gasteiger partial charge in [0, 0.05) is 62.7 Å². The van der Waals surface area contributed by atoms with Gasteiger partial charge in [-0.1, -0.05) is 93.6 Å². The molecule has 77 heavy (non-hydrogen) atoms. The van der Waals surface area contributed by atoms with Crippen molar-refractivity contribution >= 4 is 78.8 Å². The molecule has 0 spiro atoms. The van der Waals surface area contributed by atoms with Crippen LogP contribution in [0.4, 0.5) is 5.13 Å². The molecule has 2 unspecified atom stereocenters. The molecule has 0 bridgehead atoms. The van der Waals surface area contributed by atoms with Crippen molar-refractivity contribution in [2.75, 3.05) is 50.8 Å². The lowest BCUT2D eigenvalue weighted by molar-refractivity contribution is -0.144. The van der Waals surface area contributed by atoms with Crippen molar-refractivity contribution in [2.45, 2.75) is 89.9 Å². The number of anilines is 1. The van der Waals surface area contributed by atoms with Crippen LogP contribution in [-0.4, -0.2) is 136 Å². The number of hydrogen-bond acceptors (Lipinski definition) is 14. The van der Waals surface area contributed by atoms with Crippen molar-refractivity contribution in [3.8, 4) is 10.4 Å². The molecular formula is C55H66N10O9S3. The highest BCUT2D eigenvalue weighted by Crippen LogP contribution is 2.40. The number of β-amino-alcohol motifs (C(OH)–C–C–N with tert-alkyl or cyclic N) is 1. The summed E-state index contributed by atoms with van der Waals surface area (Å²) in [5, 5.41) is 27.2. The Hall–Kier alpha value is -6.85. The van der Waals surface area contributed by atoms with Crippen molar-refractivity contribution in [2.24, 2.45) is 11.3 Å². The molecule has 8 rings (SSSR count). The van der Waals surface area contributed by atoms with Crippen LogP contribution in [-0.2, 0) is 46.0 Å². The summed E-state index contributed by atoms with van der Waals surface area (Å²) < 4.78 is 24.6. The Bertz CT molecular complexity index is 3140. The molecule has 4 atom stereocenters. The van der Waals surface area contributed by atoms with Crippen molar-refractivity contribution in [3.63, 3.8) is 0 Å². The zero-order valence-corrected chi connectivity index (χ0v) is 46.2. The second kappa shape index (κ2) is 24.2. The number of aromatic nitrogens is 3. The van der Waals surface area contributed by atoms with Crippen molar-refractivity contribution in [1.29, 1.82) is 0 Å². The number of aryl methyl sites for hydroxylation is 1. The van der Waals surface area contributed by atoms with E-state index in [0.29, 0.717) is 49.7 Å². The molecule has 2 aromatic carbocycles. The molecule has 6 N–H and O–H groups in total. The number of allylic oxidation sites excluding steroid dienone is 3. The van der Waals surface area contributed by atoms with E-state index >= 15 is 0 Å². The van der Waals surface area contributed by atoms with Crippen LogP contribution >= 0.6 is 22.7 Å². The molecule has 3 aromatic heterocycles. The van der Waals surface area contributed by atoms with Gasteiger partial charge in [-0.05, 0) is 73.0 Å². The van der Waals surface area contributed by atoms with Crippen LogP contribution in [0.1, 0.15) is 85.7 Å². The van der Waals surface area contributed by atoms with Crippen LogP contribution in [0, 0.1) is 18.3 Å². The summed E-state index contributed by atoms with van der Waals surface area (Å²) in [6.45, 7) is 9.16. The van der Waals surface area contributed by atoms with Gasteiger partial charge in [-0.2, -0.15) is 0 Å². The van der Waals surface area contributed by atoms with E-state index in [2.05, 4.69) is 36.5 Å². The first-order valence-electron chi connectivity index (χ1n) is 25.6. The Morgan fingerprint density at radius 2 is 1.65 bits per heavy atom. The molecule has 6 amide bonds. The SMILES string of the molecule is Cc1ncsc1-c1ccc(CNC(=O)[C@@H]2C[C@@H](O)CN2C(=O)C(NC(=O)CCN2CCC(C(=O)NCC3(c4csc(NC(=O)CNC(=O)c5ccn(S(C)(=O)=O)c5)n4)C=CC=C(c4ccccc4)C3)CC2)C(C)(C)C)cc1. The van der Waals surface area contributed by atoms with Gasteiger partial charge in [0.1, 0.15) is 12.1 Å². The summed E-state index contributed by atoms with van der Waals surface area (Å²) >= 11 is 2.78. The average molecular weight is 1110 g/mol. The maximum atomic E-state index is 14.2. The summed E-state index contributed by atoms with van der Waals surface area (Å²) in [5.74, 6) is -2.65. The van der Waals surface area contributed by atoms with Crippen molar-refractivity contribution in [1.82, 2.24) is 45.0 Å². The summed E-state index contributed by atoms with van der Waals surface area (Å²) in [6.07, 6.45) is 10.4. The topological polar surface area (TPSA) is 254 Å². The van der Waals surface area contributed by atoms with Crippen LogP contribution < -0.4 is 26.6 Å². The molecule has 2 saturated heterocycles. The van der Waals surface area contributed by atoms with Gasteiger partial charge in [0.25, 0.3) is 5.91 Å². The number of nitrogens with one attached hydrogen (secondary N) is 5. The number of piperidine rings is 1. The van der Waals surface area contributed by atoms with Gasteiger partial charge in [0.05, 0.1) is 51.7 Å². The highest BCUT2D eigenvalue weighted by Gasteiger charge is 2.45. The number of thiazole rings is 2. The van der Waals surface area contributed by atoms with Gasteiger partial charge in [-0.25, -0.2) is 18.4 Å². The number of carbonyl (C=O) groups excluding carboxylic acids is 6. The van der Waals surface area contributed by atoms with E-state index in [1.165, 1.54) is 34.7 Å². The third kappa shape index (κ3) is 14.2. The molecule has 3 aliphatic rings. The highest BCUT2D eigenvalue weighted by atomic mass is 32.2. The highest BCUT2D eigenvalue weighted by molar-refractivity contribution is 7.89. The minimum atomic E-state index is -3.58. The fourth-order valence-electron chi connectivity index (χ4n) is 9.83. The number of benzene rings is 2. The first-order chi connectivity index (χ1) is 36.7. The number of rotatable bonds is 19. The van der Waals surface area contributed by atoms with E-state index in [9.17, 15) is 42.3 Å². The van der Waals surface area contributed by atoms with E-state index in [4.69, 9.17) is 4.98 Å². The number of nitrogens with zero attached hydrogens (tertiary/aromatic N) is 5. The lowest BCUT2D eigenvalue weighted by atomic mass is 9.74. The zero-order valence-electron chi connectivity index (χ0n) is 43.8. The normalized spacial score (nSPS) is 19.5. The molecule has 0 radical (unpaired) electrons. The van der Waals surface area contributed by atoms with Crippen LogP contribution in [0.25, 0.3) is 16.0 Å². The van der Waals surface area contributed by atoms with E-state index in [-0.39, 0.29) is 68.2 Å². The number of aliphatic hydroxyl groups is 1. The fourth-order valence-corrected chi connectivity index (χ4v) is 12.1. The van der Waals surface area contributed by atoms with Gasteiger partial charge in [0.15, 0.2) is 5.13 Å². The molecule has 5 aromatic rings. The molecular weight excluding hydrogens is 1040 g/mol. The molecule has 408 valence electrons. The number of aliphatic hydroxyl groups excluding tert-OH is 1. The second-order valence-electron chi connectivity index (χ2n) is 21.0. The lowest BCUT2D eigenvalue weighted by Crippen LogP contribution is -2.58. The number of carbonyl (C=O) groups is 6. The predicted octanol–water partition coefficient (Wildman–Crippen LogP) is 4.86. The quantitative estimate of drug-likeness (QED) is 0.0649. The Balaban J connectivity index is 0.819. The Labute approximate surface area is 456 Å². The van der Waals surface area contributed by atoms with E-state index < -0.39 is 56.8 Å². The van der Waals surface area contributed by atoms with Crippen LogP contribution in [0.5, 0.6) is 0 Å². The standard InChI is InChI=1S/C55H66N10O9S3/c1-35-47(76-34-59-35)38-15-13-36(14-16-38)28-56-51(71)43-26-42(66)31-65(43)52(72)48(54(2,3)4)61-45(67)20-24-63-22-17-39(18-23-63)49(69)58-33-55(21-9-12-40(27-55)37-10-7-6-8-11-37)44-32-75-53(60-44)62-46(68)29-57-50(70)41-19-25-64(30-41)77(5,73)74/h6-16,19,21,25,30,32,34,39,42-43,48,66H,17-18,20,22-24,26-29,31,33H2,1-5H3,(H,56,71)(H,57,70)(H,58,69)(H,61,67)(H,60,62,68)/t42-,43+,48?,55?/m1/s1. The number of amides is 6. The average Bonchev–Trinajstić information content (AvgIpc) is 4.27. The molecule has 2 fully saturated rings. The molecule has 0 saturated carbocycles. The largest absolute Gasteiger partial charge is 0.391 e. The molecule has 22 heteroatoms. The molecule has 5 heterocycles. The zero-order chi connectivity index (χ0) is 55.1. The van der Waals surface area contributed by atoms with E-state index in [1.807, 2.05) is 106 Å². The van der Waals surface area contributed by atoms with Gasteiger partial charge < -0.3 is 41.5 Å². The first-order valence-corrected chi connectivity index (χ1v) is 29.2. The summed E-state index contributed by atoms with van der Waals surface area (Å²) in [6, 6.07) is 17.3. The van der Waals surface area contributed by atoms with Gasteiger partial charge in [-0.15, -0.1) is 22.7 Å². The summed E-state index contributed by atoms with van der Waals surface area (Å²) in [7, 11) is -3.58.